The Kier molecular flexibility index (Phi) is 3.86. The second-order valence-electron chi connectivity index (χ2n) is 4.23. The number of carboxylic acids is 1. The first kappa shape index (κ1) is 12.2. The van der Waals surface area contributed by atoms with Crippen molar-refractivity contribution >= 4 is 23.1 Å². The Balaban J connectivity index is 2.29. The van der Waals surface area contributed by atoms with Crippen LogP contribution in [0.2, 0.25) is 0 Å². The first-order valence-electron chi connectivity index (χ1n) is 5.74. The molecule has 1 aliphatic heterocycles. The van der Waals surface area contributed by atoms with Gasteiger partial charge in [-0.15, -0.1) is 0 Å². The van der Waals surface area contributed by atoms with Gasteiger partial charge in [0.25, 0.3) is 0 Å². The predicted octanol–water partition coefficient (Wildman–Crippen LogP) is 1.98. The van der Waals surface area contributed by atoms with E-state index in [0.717, 1.165) is 29.8 Å². The molecule has 1 heterocycles. The van der Waals surface area contributed by atoms with Gasteiger partial charge < -0.3 is 10.4 Å². The van der Waals surface area contributed by atoms with Gasteiger partial charge in [0.2, 0.25) is 0 Å². The number of nitrogens with one attached hydrogen (secondary N) is 1. The van der Waals surface area contributed by atoms with E-state index in [4.69, 9.17) is 12.2 Å². The summed E-state index contributed by atoms with van der Waals surface area (Å²) in [5, 5.41) is 12.6. The molecule has 1 fully saturated rings. The van der Waals surface area contributed by atoms with Crippen LogP contribution in [0.15, 0.2) is 30.3 Å². The summed E-state index contributed by atoms with van der Waals surface area (Å²) >= 11 is 5.30. The molecule has 2 rings (SSSR count). The number of aliphatic carboxylic acids is 1. The largest absolute Gasteiger partial charge is 0.481 e. The highest BCUT2D eigenvalue weighted by Crippen LogP contribution is 2.24. The predicted molar refractivity (Wildman–Crippen MR) is 70.4 cm³/mol. The second-order valence-corrected chi connectivity index (χ2v) is 4.75. The Hall–Kier alpha value is -1.26. The van der Waals surface area contributed by atoms with Crippen molar-refractivity contribution in [2.24, 2.45) is 0 Å². The molecule has 1 aromatic rings. The summed E-state index contributed by atoms with van der Waals surface area (Å²) in [6.45, 7) is 0.835. The summed E-state index contributed by atoms with van der Waals surface area (Å²) in [6, 6.07) is 9.07. The highest BCUT2D eigenvalue weighted by Gasteiger charge is 2.33. The minimum atomic E-state index is -0.821. The second kappa shape index (κ2) is 5.38. The Morgan fingerprint density at radius 1 is 1.41 bits per heavy atom. The lowest BCUT2D eigenvalue weighted by Crippen LogP contribution is -2.47. The molecule has 2 unspecified atom stereocenters. The minimum absolute atomic E-state index is 0.223. The Morgan fingerprint density at radius 3 is 2.71 bits per heavy atom. The van der Waals surface area contributed by atoms with Crippen LogP contribution in [0, 0.1) is 0 Å². The fraction of sp³-hybridized carbons (Fsp3) is 0.385. The summed E-state index contributed by atoms with van der Waals surface area (Å²) in [6.07, 6.45) is 1.83. The van der Waals surface area contributed by atoms with E-state index < -0.39 is 11.9 Å². The van der Waals surface area contributed by atoms with Gasteiger partial charge in [-0.25, -0.2) is 0 Å². The van der Waals surface area contributed by atoms with Gasteiger partial charge >= 0.3 is 5.97 Å². The maximum Gasteiger partial charge on any atom is 0.312 e. The van der Waals surface area contributed by atoms with Gasteiger partial charge in [0.15, 0.2) is 0 Å². The van der Waals surface area contributed by atoms with Crippen LogP contribution in [-0.2, 0) is 4.79 Å². The molecular formula is C13H15NO2S. The van der Waals surface area contributed by atoms with Gasteiger partial charge in [0.05, 0.1) is 6.04 Å². The van der Waals surface area contributed by atoms with Gasteiger partial charge in [-0.05, 0) is 24.9 Å². The lowest BCUT2D eigenvalue weighted by Gasteiger charge is -2.30. The van der Waals surface area contributed by atoms with Crippen molar-refractivity contribution in [2.75, 3.05) is 6.54 Å². The van der Waals surface area contributed by atoms with Crippen molar-refractivity contribution in [3.05, 3.63) is 35.9 Å². The molecule has 1 aromatic carbocycles. The van der Waals surface area contributed by atoms with Gasteiger partial charge in [0.1, 0.15) is 5.92 Å². The first-order chi connectivity index (χ1) is 8.20. The molecule has 1 saturated heterocycles. The number of rotatable bonds is 3. The third-order valence-electron chi connectivity index (χ3n) is 3.07. The molecule has 0 amide bonds. The SMILES string of the molecule is O=C(O)C(c1ccccc1)C1NCCCC1=S. The van der Waals surface area contributed by atoms with Crippen molar-refractivity contribution in [3.8, 4) is 0 Å². The molecule has 90 valence electrons. The maximum absolute atomic E-state index is 11.4. The molecule has 0 saturated carbocycles. The quantitative estimate of drug-likeness (QED) is 0.804. The topological polar surface area (TPSA) is 49.3 Å². The van der Waals surface area contributed by atoms with Gasteiger partial charge in [-0.1, -0.05) is 42.5 Å². The minimum Gasteiger partial charge on any atom is -0.481 e. The standard InChI is InChI=1S/C13H15NO2S/c15-13(16)11(9-5-2-1-3-6-9)12-10(17)7-4-8-14-12/h1-3,5-6,11-12,14H,4,7-8H2,(H,15,16). The summed E-state index contributed by atoms with van der Waals surface area (Å²) in [5.41, 5.74) is 0.807. The van der Waals surface area contributed by atoms with E-state index in [2.05, 4.69) is 5.32 Å². The van der Waals surface area contributed by atoms with Crippen molar-refractivity contribution in [1.82, 2.24) is 5.32 Å². The van der Waals surface area contributed by atoms with Gasteiger partial charge in [-0.3, -0.25) is 4.79 Å². The highest BCUT2D eigenvalue weighted by molar-refractivity contribution is 7.80. The molecule has 2 N–H and O–H groups in total. The van der Waals surface area contributed by atoms with Crippen LogP contribution in [0.5, 0.6) is 0 Å². The summed E-state index contributed by atoms with van der Waals surface area (Å²) in [7, 11) is 0. The number of carbonyl (C=O) groups is 1. The van der Waals surface area contributed by atoms with Crippen molar-refractivity contribution in [1.29, 1.82) is 0 Å². The van der Waals surface area contributed by atoms with Crippen molar-refractivity contribution in [3.63, 3.8) is 0 Å². The Bertz CT molecular complexity index is 419. The number of thiocarbonyl (C=S) groups is 1. The molecule has 4 heteroatoms. The first-order valence-corrected chi connectivity index (χ1v) is 6.15. The summed E-state index contributed by atoms with van der Waals surface area (Å²) in [5.74, 6) is -1.40. The zero-order chi connectivity index (χ0) is 12.3. The highest BCUT2D eigenvalue weighted by atomic mass is 32.1. The van der Waals surface area contributed by atoms with Crippen molar-refractivity contribution in [2.45, 2.75) is 24.8 Å². The zero-order valence-corrected chi connectivity index (χ0v) is 10.2. The molecule has 0 bridgehead atoms. The lowest BCUT2D eigenvalue weighted by atomic mass is 9.86. The number of carboxylic acid groups (broad SMARTS) is 1. The fourth-order valence-electron chi connectivity index (χ4n) is 2.23. The third-order valence-corrected chi connectivity index (χ3v) is 3.53. The molecule has 3 nitrogen and oxygen atoms in total. The monoisotopic (exact) mass is 249 g/mol. The van der Waals surface area contributed by atoms with Crippen LogP contribution < -0.4 is 5.32 Å². The van der Waals surface area contributed by atoms with Crippen LogP contribution in [0.25, 0.3) is 0 Å². The van der Waals surface area contributed by atoms with E-state index in [1.807, 2.05) is 30.3 Å². The molecule has 17 heavy (non-hydrogen) atoms. The number of piperidine rings is 1. The van der Waals surface area contributed by atoms with Crippen LogP contribution in [0.4, 0.5) is 0 Å². The Morgan fingerprint density at radius 2 is 2.12 bits per heavy atom. The van der Waals surface area contributed by atoms with Crippen LogP contribution in [0.3, 0.4) is 0 Å². The third kappa shape index (κ3) is 2.70. The van der Waals surface area contributed by atoms with Gasteiger partial charge in [-0.2, -0.15) is 0 Å². The molecule has 1 aliphatic rings. The molecular weight excluding hydrogens is 234 g/mol. The normalized spacial score (nSPS) is 22.1. The van der Waals surface area contributed by atoms with E-state index in [9.17, 15) is 9.90 Å². The summed E-state index contributed by atoms with van der Waals surface area (Å²) < 4.78 is 0. The maximum atomic E-state index is 11.4. The van der Waals surface area contributed by atoms with E-state index in [1.54, 1.807) is 0 Å². The zero-order valence-electron chi connectivity index (χ0n) is 9.43. The Labute approximate surface area is 106 Å². The molecule has 2 atom stereocenters. The lowest BCUT2D eigenvalue weighted by molar-refractivity contribution is -0.139. The van der Waals surface area contributed by atoms with Crippen LogP contribution >= 0.6 is 12.2 Å². The fourth-order valence-corrected chi connectivity index (χ4v) is 2.59. The molecule has 0 radical (unpaired) electrons. The van der Waals surface area contributed by atoms with Crippen molar-refractivity contribution < 1.29 is 9.90 Å². The average molecular weight is 249 g/mol. The van der Waals surface area contributed by atoms with Crippen LogP contribution in [-0.4, -0.2) is 28.5 Å². The molecule has 0 spiro atoms. The number of benzene rings is 1. The molecule has 0 aromatic heterocycles. The van der Waals surface area contributed by atoms with Gasteiger partial charge in [0, 0.05) is 4.86 Å². The smallest absolute Gasteiger partial charge is 0.312 e. The van der Waals surface area contributed by atoms with E-state index >= 15 is 0 Å². The van der Waals surface area contributed by atoms with E-state index in [1.165, 1.54) is 0 Å². The number of hydrogen-bond donors (Lipinski definition) is 2. The summed E-state index contributed by atoms with van der Waals surface area (Å²) in [4.78, 5) is 12.3. The van der Waals surface area contributed by atoms with E-state index in [0.29, 0.717) is 0 Å². The molecule has 0 aliphatic carbocycles. The van der Waals surface area contributed by atoms with E-state index in [-0.39, 0.29) is 6.04 Å². The van der Waals surface area contributed by atoms with Crippen LogP contribution in [0.1, 0.15) is 24.3 Å². The number of hydrogen-bond acceptors (Lipinski definition) is 3. The average Bonchev–Trinajstić information content (AvgIpc) is 2.33.